The number of fused-ring (bicyclic) bond motifs is 2. The highest BCUT2D eigenvalue weighted by Crippen LogP contribution is 2.27. The van der Waals surface area contributed by atoms with E-state index in [1.807, 2.05) is 32.2 Å². The second-order valence-corrected chi connectivity index (χ2v) is 7.52. The highest BCUT2D eigenvalue weighted by Gasteiger charge is 2.14. The minimum absolute atomic E-state index is 0.637. The van der Waals surface area contributed by atoms with Crippen LogP contribution in [-0.4, -0.2) is 37.7 Å². The maximum atomic E-state index is 6.14. The lowest BCUT2D eigenvalue weighted by Crippen LogP contribution is -2.12. The molecule has 2 N–H and O–H groups in total. The van der Waals surface area contributed by atoms with Crippen LogP contribution in [0.15, 0.2) is 29.4 Å². The van der Waals surface area contributed by atoms with Crippen LogP contribution in [0.25, 0.3) is 5.78 Å². The van der Waals surface area contributed by atoms with Gasteiger partial charge in [-0.25, -0.2) is 4.98 Å². The molecule has 0 unspecified atom stereocenters. The SMILES string of the molecule is Cc1cc(NCCCCNc2ccnc3c2CC=C(Cl)C3)n2nc(C)nc2n1. The maximum absolute atomic E-state index is 6.14. The van der Waals surface area contributed by atoms with E-state index in [0.29, 0.717) is 5.78 Å². The average molecular weight is 398 g/mol. The molecule has 3 aromatic rings. The van der Waals surface area contributed by atoms with Crippen molar-refractivity contribution in [1.29, 1.82) is 0 Å². The van der Waals surface area contributed by atoms with E-state index in [2.05, 4.69) is 36.8 Å². The van der Waals surface area contributed by atoms with Crippen LogP contribution in [0, 0.1) is 13.8 Å². The first kappa shape index (κ1) is 18.7. The van der Waals surface area contributed by atoms with Gasteiger partial charge in [-0.2, -0.15) is 9.50 Å². The topological polar surface area (TPSA) is 80.0 Å². The second kappa shape index (κ2) is 8.14. The van der Waals surface area contributed by atoms with E-state index in [1.54, 1.807) is 4.52 Å². The normalized spacial score (nSPS) is 13.3. The van der Waals surface area contributed by atoms with Crippen molar-refractivity contribution in [2.24, 2.45) is 0 Å². The zero-order valence-electron chi connectivity index (χ0n) is 16.2. The van der Waals surface area contributed by atoms with Crippen LogP contribution in [0.5, 0.6) is 0 Å². The van der Waals surface area contributed by atoms with Gasteiger partial charge < -0.3 is 10.6 Å². The Morgan fingerprint density at radius 2 is 1.96 bits per heavy atom. The summed E-state index contributed by atoms with van der Waals surface area (Å²) in [7, 11) is 0. The minimum Gasteiger partial charge on any atom is -0.385 e. The summed E-state index contributed by atoms with van der Waals surface area (Å²) in [6, 6.07) is 4.05. The molecule has 3 heterocycles. The predicted octanol–water partition coefficient (Wildman–Crippen LogP) is 3.66. The van der Waals surface area contributed by atoms with Crippen molar-refractivity contribution in [2.75, 3.05) is 23.7 Å². The molecule has 0 aromatic carbocycles. The summed E-state index contributed by atoms with van der Waals surface area (Å²) >= 11 is 6.14. The Balaban J connectivity index is 1.27. The fourth-order valence-corrected chi connectivity index (χ4v) is 3.63. The highest BCUT2D eigenvalue weighted by atomic mass is 35.5. The van der Waals surface area contributed by atoms with E-state index in [1.165, 1.54) is 11.3 Å². The molecule has 0 spiro atoms. The van der Waals surface area contributed by atoms with Crippen molar-refractivity contribution in [1.82, 2.24) is 24.6 Å². The largest absolute Gasteiger partial charge is 0.385 e. The number of allylic oxidation sites excluding steroid dienone is 2. The molecular weight excluding hydrogens is 374 g/mol. The molecule has 0 saturated carbocycles. The van der Waals surface area contributed by atoms with Gasteiger partial charge in [-0.05, 0) is 39.2 Å². The third-order valence-corrected chi connectivity index (χ3v) is 5.07. The van der Waals surface area contributed by atoms with Gasteiger partial charge in [0.15, 0.2) is 0 Å². The minimum atomic E-state index is 0.637. The lowest BCUT2D eigenvalue weighted by Gasteiger charge is -2.17. The van der Waals surface area contributed by atoms with E-state index in [-0.39, 0.29) is 0 Å². The van der Waals surface area contributed by atoms with Gasteiger partial charge in [-0.1, -0.05) is 17.7 Å². The number of aryl methyl sites for hydroxylation is 2. The molecule has 7 nitrogen and oxygen atoms in total. The summed E-state index contributed by atoms with van der Waals surface area (Å²) in [4.78, 5) is 13.2. The Hall–Kier alpha value is -2.67. The molecule has 146 valence electrons. The number of unbranched alkanes of at least 4 members (excludes halogenated alkanes) is 1. The van der Waals surface area contributed by atoms with Gasteiger partial charge in [0.1, 0.15) is 11.6 Å². The first-order valence-electron chi connectivity index (χ1n) is 9.60. The Morgan fingerprint density at radius 1 is 1.14 bits per heavy atom. The number of nitrogens with zero attached hydrogens (tertiary/aromatic N) is 5. The highest BCUT2D eigenvalue weighted by molar-refractivity contribution is 6.29. The van der Waals surface area contributed by atoms with E-state index >= 15 is 0 Å². The Bertz CT molecular complexity index is 1020. The van der Waals surface area contributed by atoms with Crippen LogP contribution in [0.4, 0.5) is 11.5 Å². The van der Waals surface area contributed by atoms with Gasteiger partial charge in [-0.3, -0.25) is 4.98 Å². The summed E-state index contributed by atoms with van der Waals surface area (Å²) in [5, 5.41) is 12.3. The Kier molecular flexibility index (Phi) is 5.43. The fourth-order valence-electron chi connectivity index (χ4n) is 3.43. The number of rotatable bonds is 7. The lowest BCUT2D eigenvalue weighted by atomic mass is 10.00. The number of anilines is 2. The molecular formula is C20H24ClN7. The second-order valence-electron chi connectivity index (χ2n) is 7.03. The molecule has 0 fully saturated rings. The number of halogens is 1. The summed E-state index contributed by atoms with van der Waals surface area (Å²) in [5.74, 6) is 2.29. The van der Waals surface area contributed by atoms with Crippen LogP contribution < -0.4 is 10.6 Å². The summed E-state index contributed by atoms with van der Waals surface area (Å²) in [6.07, 6.45) is 7.62. The molecule has 0 bridgehead atoms. The van der Waals surface area contributed by atoms with E-state index in [9.17, 15) is 0 Å². The van der Waals surface area contributed by atoms with Gasteiger partial charge >= 0.3 is 0 Å². The van der Waals surface area contributed by atoms with Crippen LogP contribution in [0.1, 0.15) is 35.6 Å². The molecule has 0 aliphatic heterocycles. The lowest BCUT2D eigenvalue weighted by molar-refractivity contribution is 0.784. The zero-order valence-corrected chi connectivity index (χ0v) is 16.9. The molecule has 28 heavy (non-hydrogen) atoms. The van der Waals surface area contributed by atoms with Gasteiger partial charge in [0.2, 0.25) is 0 Å². The molecule has 0 amide bonds. The number of hydrogen-bond donors (Lipinski definition) is 2. The van der Waals surface area contributed by atoms with Crippen LogP contribution >= 0.6 is 11.6 Å². The first-order valence-corrected chi connectivity index (χ1v) is 9.98. The molecule has 1 aliphatic carbocycles. The number of nitrogens with one attached hydrogen (secondary N) is 2. The summed E-state index contributed by atoms with van der Waals surface area (Å²) < 4.78 is 1.77. The Labute approximate surface area is 169 Å². The average Bonchev–Trinajstić information content (AvgIpc) is 3.04. The van der Waals surface area contributed by atoms with Crippen molar-refractivity contribution < 1.29 is 0 Å². The van der Waals surface area contributed by atoms with E-state index in [4.69, 9.17) is 11.6 Å². The van der Waals surface area contributed by atoms with Gasteiger partial charge in [0.25, 0.3) is 5.78 Å². The van der Waals surface area contributed by atoms with Crippen LogP contribution in [-0.2, 0) is 12.8 Å². The monoisotopic (exact) mass is 397 g/mol. The molecule has 3 aromatic heterocycles. The number of pyridine rings is 1. The van der Waals surface area contributed by atoms with Crippen LogP contribution in [0.2, 0.25) is 0 Å². The summed E-state index contributed by atoms with van der Waals surface area (Å²) in [5.41, 5.74) is 4.45. The van der Waals surface area contributed by atoms with Crippen molar-refractivity contribution in [2.45, 2.75) is 39.5 Å². The summed E-state index contributed by atoms with van der Waals surface area (Å²) in [6.45, 7) is 5.63. The van der Waals surface area contributed by atoms with Crippen molar-refractivity contribution in [3.63, 3.8) is 0 Å². The predicted molar refractivity (Wildman–Crippen MR) is 112 cm³/mol. The molecule has 1 aliphatic rings. The van der Waals surface area contributed by atoms with Crippen molar-refractivity contribution in [3.05, 3.63) is 52.2 Å². The standard InChI is InChI=1S/C20H24ClN7/c1-13-11-19(28-20(25-13)26-14(2)27-28)24-9-4-3-8-22-17-7-10-23-18-12-15(21)5-6-16(17)18/h5,7,10-11,24H,3-4,6,8-9,12H2,1-2H3,(H,22,23). The number of aromatic nitrogens is 5. The van der Waals surface area contributed by atoms with Crippen LogP contribution in [0.3, 0.4) is 0 Å². The van der Waals surface area contributed by atoms with E-state index < -0.39 is 0 Å². The third kappa shape index (κ3) is 4.09. The molecule has 8 heteroatoms. The van der Waals surface area contributed by atoms with Gasteiger partial charge in [0, 0.05) is 53.8 Å². The smallest absolute Gasteiger partial charge is 0.254 e. The molecule has 0 radical (unpaired) electrons. The fraction of sp³-hybridized carbons (Fsp3) is 0.400. The van der Waals surface area contributed by atoms with Crippen molar-refractivity contribution >= 4 is 28.9 Å². The first-order chi connectivity index (χ1) is 13.6. The van der Waals surface area contributed by atoms with E-state index in [0.717, 1.165) is 66.8 Å². The van der Waals surface area contributed by atoms with Crippen molar-refractivity contribution in [3.8, 4) is 0 Å². The quantitative estimate of drug-likeness (QED) is 0.592. The molecule has 4 rings (SSSR count). The maximum Gasteiger partial charge on any atom is 0.254 e. The number of hydrogen-bond acceptors (Lipinski definition) is 6. The zero-order chi connectivity index (χ0) is 19.5. The third-order valence-electron chi connectivity index (χ3n) is 4.78. The molecule has 0 saturated heterocycles. The Morgan fingerprint density at radius 3 is 2.82 bits per heavy atom. The molecule has 0 atom stereocenters. The van der Waals surface area contributed by atoms with Gasteiger partial charge in [0.05, 0.1) is 5.69 Å². The van der Waals surface area contributed by atoms with Gasteiger partial charge in [-0.15, -0.1) is 5.10 Å².